The van der Waals surface area contributed by atoms with Crippen LogP contribution in [-0.2, 0) is 18.6 Å². The van der Waals surface area contributed by atoms with E-state index in [-0.39, 0.29) is 36.0 Å². The Kier molecular flexibility index (Phi) is 9.55. The van der Waals surface area contributed by atoms with E-state index in [1.54, 1.807) is 12.3 Å². The zero-order valence-electron chi connectivity index (χ0n) is 19.3. The van der Waals surface area contributed by atoms with E-state index in [1.807, 2.05) is 13.8 Å². The minimum Gasteiger partial charge on any atom is -0.425 e. The molecule has 1 fully saturated rings. The number of nitrogens with zero attached hydrogens (tertiary/aromatic N) is 4. The fourth-order valence-electron chi connectivity index (χ4n) is 3.34. The summed E-state index contributed by atoms with van der Waals surface area (Å²) in [5.74, 6) is -0.0760. The molecule has 1 aromatic heterocycles. The summed E-state index contributed by atoms with van der Waals surface area (Å²) in [7, 11) is -1.41. The molecule has 10 nitrogen and oxygen atoms in total. The van der Waals surface area contributed by atoms with Gasteiger partial charge in [-0.25, -0.2) is 9.46 Å². The normalized spacial score (nSPS) is 22.6. The van der Waals surface area contributed by atoms with Crippen LogP contribution in [-0.4, -0.2) is 57.4 Å². The van der Waals surface area contributed by atoms with Crippen LogP contribution in [0.5, 0.6) is 0 Å². The van der Waals surface area contributed by atoms with Gasteiger partial charge >= 0.3 is 14.2 Å². The first-order valence-corrected chi connectivity index (χ1v) is 11.7. The van der Waals surface area contributed by atoms with Crippen LogP contribution >= 0.6 is 8.53 Å². The number of aromatic nitrogens is 2. The molecule has 0 radical (unpaired) electrons. The quantitative estimate of drug-likeness (QED) is 0.328. The van der Waals surface area contributed by atoms with Crippen molar-refractivity contribution in [3.63, 3.8) is 0 Å². The molecule has 0 aromatic carbocycles. The third-order valence-electron chi connectivity index (χ3n) is 4.64. The van der Waals surface area contributed by atoms with Crippen molar-refractivity contribution in [3.8, 4) is 0 Å². The van der Waals surface area contributed by atoms with Crippen LogP contribution in [0.1, 0.15) is 61.1 Å². The summed E-state index contributed by atoms with van der Waals surface area (Å²) in [6, 6.07) is 1.99. The van der Waals surface area contributed by atoms with E-state index in [1.165, 1.54) is 17.9 Å². The van der Waals surface area contributed by atoms with Crippen molar-refractivity contribution in [3.05, 3.63) is 22.7 Å². The third kappa shape index (κ3) is 7.07. The summed E-state index contributed by atoms with van der Waals surface area (Å²) in [4.78, 5) is 31.7. The standard InChI is InChI=1S/C20H34N5O5P/c1-8-21-12-28-31(25(13(2)3)14(4)5)30-17-11-19(29-15(17)6)24-10-9-18(22-16(7)26)23-20(24)27/h9-10,12-15,17,19H,8,11H2,1-7H3,(H,22,23,26,27)/b21-12+/t15?,17-,19?,31?/m1/s1. The second-order valence-corrected chi connectivity index (χ2v) is 9.23. The maximum absolute atomic E-state index is 12.4. The molecule has 1 saturated heterocycles. The van der Waals surface area contributed by atoms with Gasteiger partial charge in [0, 0.05) is 38.2 Å². The van der Waals surface area contributed by atoms with E-state index < -0.39 is 20.4 Å². The molecule has 1 amide bonds. The Morgan fingerprint density at radius 2 is 2.13 bits per heavy atom. The van der Waals surface area contributed by atoms with Gasteiger partial charge in [0.05, 0.1) is 12.2 Å². The minimum atomic E-state index is -1.41. The van der Waals surface area contributed by atoms with Crippen LogP contribution in [0.3, 0.4) is 0 Å². The molecule has 31 heavy (non-hydrogen) atoms. The first-order chi connectivity index (χ1) is 14.6. The number of carbonyl (C=O) groups is 1. The lowest BCUT2D eigenvalue weighted by Gasteiger charge is -2.36. The lowest BCUT2D eigenvalue weighted by molar-refractivity contribution is -0.114. The highest BCUT2D eigenvalue weighted by molar-refractivity contribution is 7.45. The van der Waals surface area contributed by atoms with Crippen LogP contribution < -0.4 is 11.0 Å². The highest BCUT2D eigenvalue weighted by Crippen LogP contribution is 2.49. The van der Waals surface area contributed by atoms with Crippen molar-refractivity contribution in [1.29, 1.82) is 0 Å². The van der Waals surface area contributed by atoms with E-state index in [0.29, 0.717) is 13.0 Å². The number of carbonyl (C=O) groups excluding carboxylic acids is 1. The number of amides is 1. The number of aliphatic imine (C=N–C) groups is 1. The van der Waals surface area contributed by atoms with Crippen LogP contribution in [0.15, 0.2) is 22.1 Å². The van der Waals surface area contributed by atoms with Gasteiger partial charge in [-0.2, -0.15) is 4.98 Å². The van der Waals surface area contributed by atoms with Crippen molar-refractivity contribution in [2.45, 2.75) is 85.4 Å². The second kappa shape index (κ2) is 11.7. The van der Waals surface area contributed by atoms with E-state index in [9.17, 15) is 9.59 Å². The van der Waals surface area contributed by atoms with Gasteiger partial charge in [0.2, 0.25) is 5.91 Å². The van der Waals surface area contributed by atoms with Gasteiger partial charge in [-0.05, 0) is 47.6 Å². The largest absolute Gasteiger partial charge is 0.425 e. The highest BCUT2D eigenvalue weighted by atomic mass is 31.2. The maximum atomic E-state index is 12.4. The average molecular weight is 455 g/mol. The first kappa shape index (κ1) is 25.4. The van der Waals surface area contributed by atoms with Gasteiger partial charge in [0.15, 0.2) is 6.40 Å². The summed E-state index contributed by atoms with van der Waals surface area (Å²) in [5, 5.41) is 2.50. The Balaban J connectivity index is 2.16. The molecular weight excluding hydrogens is 421 g/mol. The van der Waals surface area contributed by atoms with E-state index >= 15 is 0 Å². The van der Waals surface area contributed by atoms with E-state index in [2.05, 4.69) is 47.7 Å². The molecule has 1 N–H and O–H groups in total. The Labute approximate surface area is 185 Å². The number of ether oxygens (including phenoxy) is 1. The van der Waals surface area contributed by atoms with Crippen LogP contribution in [0.25, 0.3) is 0 Å². The monoisotopic (exact) mass is 455 g/mol. The average Bonchev–Trinajstić information content (AvgIpc) is 3.01. The summed E-state index contributed by atoms with van der Waals surface area (Å²) in [5.41, 5.74) is -0.497. The molecule has 0 spiro atoms. The molecule has 11 heteroatoms. The van der Waals surface area contributed by atoms with Gasteiger partial charge in [-0.15, -0.1) is 0 Å². The van der Waals surface area contributed by atoms with E-state index in [0.717, 1.165) is 0 Å². The van der Waals surface area contributed by atoms with Crippen molar-refractivity contribution < 1.29 is 18.6 Å². The SMILES string of the molecule is CC/N=C/OP(O[C@@H]1CC(n2ccc(NC(C)=O)nc2=O)OC1C)N(C(C)C)C(C)C. The van der Waals surface area contributed by atoms with Crippen molar-refractivity contribution in [1.82, 2.24) is 14.2 Å². The molecule has 1 aliphatic heterocycles. The maximum Gasteiger partial charge on any atom is 0.351 e. The van der Waals surface area contributed by atoms with Crippen LogP contribution in [0.4, 0.5) is 5.82 Å². The molecule has 1 aliphatic rings. The van der Waals surface area contributed by atoms with Gasteiger partial charge < -0.3 is 19.1 Å². The predicted molar refractivity (Wildman–Crippen MR) is 121 cm³/mol. The lowest BCUT2D eigenvalue weighted by atomic mass is 10.2. The number of hydrogen-bond donors (Lipinski definition) is 1. The smallest absolute Gasteiger partial charge is 0.351 e. The summed E-state index contributed by atoms with van der Waals surface area (Å²) >= 11 is 0. The fourth-order valence-corrected chi connectivity index (χ4v) is 5.00. The van der Waals surface area contributed by atoms with Crippen LogP contribution in [0.2, 0.25) is 0 Å². The molecule has 2 heterocycles. The van der Waals surface area contributed by atoms with Crippen molar-refractivity contribution in [2.75, 3.05) is 11.9 Å². The topological polar surface area (TPSA) is 107 Å². The van der Waals surface area contributed by atoms with Gasteiger partial charge in [-0.1, -0.05) is 0 Å². The number of rotatable bonds is 10. The third-order valence-corrected chi connectivity index (χ3v) is 6.67. The highest BCUT2D eigenvalue weighted by Gasteiger charge is 2.39. The number of nitrogens with one attached hydrogen (secondary N) is 1. The van der Waals surface area contributed by atoms with Crippen LogP contribution in [0, 0.1) is 0 Å². The molecule has 0 aliphatic carbocycles. The van der Waals surface area contributed by atoms with E-state index in [4.69, 9.17) is 13.8 Å². The number of hydrogen-bond acceptors (Lipinski definition) is 8. The minimum absolute atomic E-state index is 0.211. The lowest BCUT2D eigenvalue weighted by Crippen LogP contribution is -2.35. The van der Waals surface area contributed by atoms with Crippen molar-refractivity contribution in [2.24, 2.45) is 4.99 Å². The van der Waals surface area contributed by atoms with Gasteiger partial charge in [0.1, 0.15) is 12.0 Å². The van der Waals surface area contributed by atoms with Gasteiger partial charge in [-0.3, -0.25) is 14.4 Å². The molecular formula is C20H34N5O5P. The summed E-state index contributed by atoms with van der Waals surface area (Å²) in [6.45, 7) is 14.2. The summed E-state index contributed by atoms with van der Waals surface area (Å²) in [6.07, 6.45) is 2.47. The Bertz CT molecular complexity index is 807. The number of anilines is 1. The zero-order chi connectivity index (χ0) is 23.1. The molecule has 1 aromatic rings. The predicted octanol–water partition coefficient (Wildman–Crippen LogP) is 3.30. The van der Waals surface area contributed by atoms with Crippen molar-refractivity contribution >= 4 is 26.7 Å². The Hall–Kier alpha value is -1.87. The Morgan fingerprint density at radius 3 is 2.68 bits per heavy atom. The molecule has 0 saturated carbocycles. The first-order valence-electron chi connectivity index (χ1n) is 10.6. The molecule has 0 bridgehead atoms. The Morgan fingerprint density at radius 1 is 1.45 bits per heavy atom. The zero-order valence-corrected chi connectivity index (χ0v) is 20.2. The molecule has 4 atom stereocenters. The summed E-state index contributed by atoms with van der Waals surface area (Å²) < 4.78 is 21.9. The van der Waals surface area contributed by atoms with Gasteiger partial charge in [0.25, 0.3) is 0 Å². The molecule has 174 valence electrons. The molecule has 2 rings (SSSR count). The molecule has 3 unspecified atom stereocenters. The fraction of sp³-hybridized carbons (Fsp3) is 0.700. The second-order valence-electron chi connectivity index (χ2n) is 7.87.